The first-order chi connectivity index (χ1) is 9.08. The molecule has 1 aliphatic heterocycles. The van der Waals surface area contributed by atoms with Crippen molar-refractivity contribution in [3.63, 3.8) is 0 Å². The number of carboxylic acid groups (broad SMARTS) is 1. The molecule has 1 aliphatic rings. The lowest BCUT2D eigenvalue weighted by Gasteiger charge is -2.25. The van der Waals surface area contributed by atoms with Crippen LogP contribution in [0.4, 0.5) is 11.4 Å². The second-order valence-corrected chi connectivity index (χ2v) is 4.99. The number of rotatable bonds is 1. The third-order valence-corrected chi connectivity index (χ3v) is 3.83. The summed E-state index contributed by atoms with van der Waals surface area (Å²) in [4.78, 5) is 11.3. The van der Waals surface area contributed by atoms with Crippen molar-refractivity contribution >= 4 is 17.3 Å². The number of fused-ring (bicyclic) bond motifs is 2. The summed E-state index contributed by atoms with van der Waals surface area (Å²) in [7, 11) is 0. The van der Waals surface area contributed by atoms with E-state index in [0.29, 0.717) is 5.56 Å². The maximum atomic E-state index is 11.3. The van der Waals surface area contributed by atoms with Crippen LogP contribution >= 0.6 is 0 Å². The molecule has 3 heteroatoms. The number of para-hydroxylation sites is 1. The van der Waals surface area contributed by atoms with Gasteiger partial charge >= 0.3 is 5.97 Å². The Morgan fingerprint density at radius 1 is 1.11 bits per heavy atom. The van der Waals surface area contributed by atoms with Gasteiger partial charge in [-0.15, -0.1) is 0 Å². The van der Waals surface area contributed by atoms with Crippen molar-refractivity contribution in [2.24, 2.45) is 0 Å². The average Bonchev–Trinajstić information content (AvgIpc) is 2.40. The molecule has 0 aromatic heterocycles. The molecular weight excluding hydrogens is 238 g/mol. The molecule has 2 aromatic carbocycles. The molecular formula is C16H15NO2. The van der Waals surface area contributed by atoms with Gasteiger partial charge in [-0.3, -0.25) is 0 Å². The third kappa shape index (κ3) is 1.78. The van der Waals surface area contributed by atoms with E-state index in [-0.39, 0.29) is 0 Å². The zero-order chi connectivity index (χ0) is 13.6. The Kier molecular flexibility index (Phi) is 2.56. The summed E-state index contributed by atoms with van der Waals surface area (Å²) in [6, 6.07) is 9.65. The van der Waals surface area contributed by atoms with E-state index < -0.39 is 5.97 Å². The Hall–Kier alpha value is -2.29. The fraction of sp³-hybridized carbons (Fsp3) is 0.188. The number of aryl methyl sites for hydroxylation is 1. The summed E-state index contributed by atoms with van der Waals surface area (Å²) in [6.07, 6.45) is 0.778. The number of nitrogens with one attached hydrogen (secondary N) is 1. The molecule has 0 amide bonds. The number of aromatic carboxylic acids is 1. The second kappa shape index (κ2) is 4.12. The van der Waals surface area contributed by atoms with E-state index in [9.17, 15) is 9.90 Å². The average molecular weight is 253 g/mol. The third-order valence-electron chi connectivity index (χ3n) is 3.83. The number of anilines is 2. The zero-order valence-electron chi connectivity index (χ0n) is 10.9. The molecule has 96 valence electrons. The Morgan fingerprint density at radius 2 is 1.84 bits per heavy atom. The van der Waals surface area contributed by atoms with Crippen LogP contribution in [0.15, 0.2) is 30.3 Å². The standard InChI is InChI=1S/C16H15NO2/c1-9-6-7-12-8-11-4-3-5-13(16(18)19)15(11)17-14(12)10(9)2/h3-7,17H,8H2,1-2H3,(H,18,19). The van der Waals surface area contributed by atoms with Crippen molar-refractivity contribution in [3.05, 3.63) is 58.1 Å². The number of hydrogen-bond donors (Lipinski definition) is 2. The number of carbonyl (C=O) groups is 1. The Bertz CT molecular complexity index is 689. The van der Waals surface area contributed by atoms with Gasteiger partial charge in [0, 0.05) is 12.1 Å². The lowest BCUT2D eigenvalue weighted by Crippen LogP contribution is -2.13. The van der Waals surface area contributed by atoms with Gasteiger partial charge in [-0.25, -0.2) is 4.79 Å². The van der Waals surface area contributed by atoms with Crippen LogP contribution in [-0.4, -0.2) is 11.1 Å². The monoisotopic (exact) mass is 253 g/mol. The molecule has 0 saturated heterocycles. The van der Waals surface area contributed by atoms with Crippen molar-refractivity contribution in [1.29, 1.82) is 0 Å². The van der Waals surface area contributed by atoms with E-state index in [1.807, 2.05) is 6.07 Å². The zero-order valence-corrected chi connectivity index (χ0v) is 10.9. The fourth-order valence-corrected chi connectivity index (χ4v) is 2.60. The van der Waals surface area contributed by atoms with Crippen LogP contribution in [0, 0.1) is 13.8 Å². The molecule has 1 heterocycles. The quantitative estimate of drug-likeness (QED) is 0.696. The lowest BCUT2D eigenvalue weighted by atomic mass is 9.91. The van der Waals surface area contributed by atoms with Crippen LogP contribution in [0.1, 0.15) is 32.6 Å². The molecule has 0 atom stereocenters. The van der Waals surface area contributed by atoms with Crippen molar-refractivity contribution in [1.82, 2.24) is 0 Å². The van der Waals surface area contributed by atoms with Gasteiger partial charge in [0.1, 0.15) is 0 Å². The first-order valence-electron chi connectivity index (χ1n) is 6.29. The largest absolute Gasteiger partial charge is 0.478 e. The summed E-state index contributed by atoms with van der Waals surface area (Å²) < 4.78 is 0. The van der Waals surface area contributed by atoms with E-state index in [2.05, 4.69) is 31.3 Å². The summed E-state index contributed by atoms with van der Waals surface area (Å²) in [5, 5.41) is 12.6. The molecule has 2 N–H and O–H groups in total. The first kappa shape index (κ1) is 11.8. The minimum atomic E-state index is -0.891. The molecule has 0 aliphatic carbocycles. The van der Waals surface area contributed by atoms with E-state index in [1.54, 1.807) is 12.1 Å². The molecule has 0 spiro atoms. The Balaban J connectivity index is 2.18. The van der Waals surface area contributed by atoms with Gasteiger partial charge in [0.2, 0.25) is 0 Å². The topological polar surface area (TPSA) is 49.3 Å². The summed E-state index contributed by atoms with van der Waals surface area (Å²) in [5.74, 6) is -0.891. The molecule has 0 saturated carbocycles. The van der Waals surface area contributed by atoms with Crippen LogP contribution < -0.4 is 5.32 Å². The van der Waals surface area contributed by atoms with Gasteiger partial charge in [-0.05, 0) is 42.2 Å². The summed E-state index contributed by atoms with van der Waals surface area (Å²) >= 11 is 0. The van der Waals surface area contributed by atoms with Crippen LogP contribution in [0.2, 0.25) is 0 Å². The van der Waals surface area contributed by atoms with Crippen LogP contribution in [0.25, 0.3) is 0 Å². The normalized spacial score (nSPS) is 12.3. The predicted octanol–water partition coefficient (Wildman–Crippen LogP) is 3.65. The van der Waals surface area contributed by atoms with Gasteiger partial charge in [0.25, 0.3) is 0 Å². The minimum absolute atomic E-state index is 0.337. The molecule has 3 rings (SSSR count). The number of carboxylic acids is 1. The maximum absolute atomic E-state index is 11.3. The lowest BCUT2D eigenvalue weighted by molar-refractivity contribution is 0.0698. The molecule has 2 aromatic rings. The molecule has 3 nitrogen and oxygen atoms in total. The smallest absolute Gasteiger partial charge is 0.337 e. The van der Waals surface area contributed by atoms with Gasteiger partial charge in [0.05, 0.1) is 11.3 Å². The van der Waals surface area contributed by atoms with Crippen LogP contribution in [0.5, 0.6) is 0 Å². The number of benzene rings is 2. The SMILES string of the molecule is Cc1ccc2c(c1C)Nc1c(cccc1C(=O)O)C2. The molecule has 0 fully saturated rings. The van der Waals surface area contributed by atoms with Crippen molar-refractivity contribution in [2.75, 3.05) is 5.32 Å². The minimum Gasteiger partial charge on any atom is -0.478 e. The predicted molar refractivity (Wildman–Crippen MR) is 75.4 cm³/mol. The van der Waals surface area contributed by atoms with Crippen LogP contribution in [-0.2, 0) is 6.42 Å². The molecule has 0 radical (unpaired) electrons. The Morgan fingerprint density at radius 3 is 2.58 bits per heavy atom. The summed E-state index contributed by atoms with van der Waals surface area (Å²) in [6.45, 7) is 4.13. The van der Waals surface area contributed by atoms with E-state index in [1.165, 1.54) is 16.7 Å². The van der Waals surface area contributed by atoms with Gasteiger partial charge in [0.15, 0.2) is 0 Å². The molecule has 0 bridgehead atoms. The highest BCUT2D eigenvalue weighted by atomic mass is 16.4. The maximum Gasteiger partial charge on any atom is 0.337 e. The van der Waals surface area contributed by atoms with E-state index in [4.69, 9.17) is 0 Å². The van der Waals surface area contributed by atoms with Gasteiger partial charge in [-0.2, -0.15) is 0 Å². The van der Waals surface area contributed by atoms with Crippen molar-refractivity contribution in [2.45, 2.75) is 20.3 Å². The van der Waals surface area contributed by atoms with Crippen molar-refractivity contribution in [3.8, 4) is 0 Å². The highest BCUT2D eigenvalue weighted by Gasteiger charge is 2.21. The fourth-order valence-electron chi connectivity index (χ4n) is 2.60. The van der Waals surface area contributed by atoms with Crippen LogP contribution in [0.3, 0.4) is 0 Å². The molecule has 19 heavy (non-hydrogen) atoms. The van der Waals surface area contributed by atoms with E-state index >= 15 is 0 Å². The van der Waals surface area contributed by atoms with E-state index in [0.717, 1.165) is 23.4 Å². The number of hydrogen-bond acceptors (Lipinski definition) is 2. The highest BCUT2D eigenvalue weighted by molar-refractivity contribution is 5.97. The summed E-state index contributed by atoms with van der Waals surface area (Å²) in [5.41, 5.74) is 6.78. The van der Waals surface area contributed by atoms with Crippen molar-refractivity contribution < 1.29 is 9.90 Å². The van der Waals surface area contributed by atoms with Gasteiger partial charge in [-0.1, -0.05) is 24.3 Å². The second-order valence-electron chi connectivity index (χ2n) is 4.99. The Labute approximate surface area is 111 Å². The first-order valence-corrected chi connectivity index (χ1v) is 6.29. The molecule has 0 unspecified atom stereocenters. The van der Waals surface area contributed by atoms with Gasteiger partial charge < -0.3 is 10.4 Å². The highest BCUT2D eigenvalue weighted by Crippen LogP contribution is 2.37.